The zero-order valence-electron chi connectivity index (χ0n) is 19.2. The minimum atomic E-state index is -0.0195. The third-order valence-corrected chi connectivity index (χ3v) is 6.28. The van der Waals surface area contributed by atoms with Gasteiger partial charge >= 0.3 is 0 Å². The average Bonchev–Trinajstić information content (AvgIpc) is 3.08. The van der Waals surface area contributed by atoms with Gasteiger partial charge in [-0.3, -0.25) is 0 Å². The highest BCUT2D eigenvalue weighted by Crippen LogP contribution is 2.39. The van der Waals surface area contributed by atoms with Crippen molar-refractivity contribution in [2.75, 3.05) is 7.11 Å². The molecule has 1 aliphatic heterocycles. The normalized spacial score (nSPS) is 19.4. The highest BCUT2D eigenvalue weighted by molar-refractivity contribution is 6.07. The molecule has 0 spiro atoms. The Labute approximate surface area is 180 Å². The maximum Gasteiger partial charge on any atom is 0.136 e. The Morgan fingerprint density at radius 3 is 2.53 bits per heavy atom. The van der Waals surface area contributed by atoms with Gasteiger partial charge in [0.25, 0.3) is 0 Å². The lowest BCUT2D eigenvalue weighted by molar-refractivity contribution is -0.0478. The van der Waals surface area contributed by atoms with Gasteiger partial charge in [0, 0.05) is 35.5 Å². The predicted molar refractivity (Wildman–Crippen MR) is 126 cm³/mol. The summed E-state index contributed by atoms with van der Waals surface area (Å²) in [5.74, 6) is 0.211. The third-order valence-electron chi connectivity index (χ3n) is 6.28. The maximum absolute atomic E-state index is 6.20. The molecule has 1 aliphatic rings. The Bertz CT molecular complexity index is 1130. The van der Waals surface area contributed by atoms with Crippen molar-refractivity contribution in [3.63, 3.8) is 0 Å². The third kappa shape index (κ3) is 3.35. The lowest BCUT2D eigenvalue weighted by atomic mass is 9.84. The van der Waals surface area contributed by atoms with Crippen LogP contribution in [0.4, 0.5) is 0 Å². The first-order valence-corrected chi connectivity index (χ1v) is 10.9. The van der Waals surface area contributed by atoms with Gasteiger partial charge in [0.05, 0.1) is 0 Å². The van der Waals surface area contributed by atoms with Gasteiger partial charge < -0.3 is 14.1 Å². The zero-order valence-corrected chi connectivity index (χ0v) is 19.2. The summed E-state index contributed by atoms with van der Waals surface area (Å²) in [5.41, 5.74) is 5.76. The molecule has 2 aromatic carbocycles. The molecule has 30 heavy (non-hydrogen) atoms. The largest absolute Gasteiger partial charge is 0.456 e. The summed E-state index contributed by atoms with van der Waals surface area (Å²) in [6.45, 7) is 13.3. The van der Waals surface area contributed by atoms with Crippen LogP contribution in [0.5, 0.6) is 0 Å². The van der Waals surface area contributed by atoms with Crippen molar-refractivity contribution in [2.45, 2.75) is 65.1 Å². The molecule has 158 valence electrons. The molecule has 4 rings (SSSR count). The first kappa shape index (κ1) is 20.7. The summed E-state index contributed by atoms with van der Waals surface area (Å²) in [7, 11) is 1.81. The summed E-state index contributed by atoms with van der Waals surface area (Å²) in [5, 5.41) is 2.42. The Morgan fingerprint density at radius 1 is 1.13 bits per heavy atom. The van der Waals surface area contributed by atoms with Crippen LogP contribution in [0, 0.1) is 0 Å². The Morgan fingerprint density at radius 2 is 1.90 bits per heavy atom. The maximum atomic E-state index is 6.20. The molecule has 0 aliphatic carbocycles. The number of furan rings is 1. The SMILES string of the molecule is C/C=C\C1=C[C@H](C)N1C(OC)C(C)c1ccc2oc3cccc(C(C)(C)C)c3c2c1. The lowest BCUT2D eigenvalue weighted by Gasteiger charge is -2.46. The quantitative estimate of drug-likeness (QED) is 0.453. The van der Waals surface area contributed by atoms with Crippen LogP contribution in [-0.4, -0.2) is 24.3 Å². The topological polar surface area (TPSA) is 25.6 Å². The summed E-state index contributed by atoms with van der Waals surface area (Å²) in [6.07, 6.45) is 6.50. The minimum Gasteiger partial charge on any atom is -0.456 e. The Hall–Kier alpha value is -2.52. The van der Waals surface area contributed by atoms with Crippen LogP contribution in [0.1, 0.15) is 58.6 Å². The molecule has 1 aromatic heterocycles. The molecular formula is C27H33NO2. The van der Waals surface area contributed by atoms with Crippen LogP contribution in [0.2, 0.25) is 0 Å². The summed E-state index contributed by atoms with van der Waals surface area (Å²) < 4.78 is 12.2. The first-order chi connectivity index (χ1) is 14.3. The fourth-order valence-corrected chi connectivity index (χ4v) is 4.73. The number of allylic oxidation sites excluding steroid dienone is 2. The standard InChI is InChI=1S/C27H33NO2/c1-8-10-20-15-17(2)28(20)26(29-7)18(3)19-13-14-23-21(16-19)25-22(27(4,5)6)11-9-12-24(25)30-23/h8-18,26H,1-7H3/b10-8-/t17-,18?,26?/m0/s1. The lowest BCUT2D eigenvalue weighted by Crippen LogP contribution is -2.49. The monoisotopic (exact) mass is 403 g/mol. The van der Waals surface area contributed by atoms with E-state index >= 15 is 0 Å². The second-order valence-corrected chi connectivity index (χ2v) is 9.44. The smallest absolute Gasteiger partial charge is 0.136 e. The summed E-state index contributed by atoms with van der Waals surface area (Å²) in [6, 6.07) is 13.4. The van der Waals surface area contributed by atoms with Gasteiger partial charge in [-0.15, -0.1) is 0 Å². The minimum absolute atomic E-state index is 0.0195. The molecule has 0 saturated carbocycles. The van der Waals surface area contributed by atoms with Gasteiger partial charge in [-0.1, -0.05) is 52.0 Å². The van der Waals surface area contributed by atoms with Crippen molar-refractivity contribution >= 4 is 21.9 Å². The second-order valence-electron chi connectivity index (χ2n) is 9.44. The average molecular weight is 404 g/mol. The molecule has 0 radical (unpaired) electrons. The molecular weight excluding hydrogens is 370 g/mol. The van der Waals surface area contributed by atoms with Crippen molar-refractivity contribution < 1.29 is 9.15 Å². The first-order valence-electron chi connectivity index (χ1n) is 10.9. The second kappa shape index (κ2) is 7.63. The van der Waals surface area contributed by atoms with Crippen LogP contribution in [0.15, 0.2) is 64.7 Å². The van der Waals surface area contributed by atoms with E-state index in [-0.39, 0.29) is 17.6 Å². The number of rotatable bonds is 5. The van der Waals surface area contributed by atoms with Crippen molar-refractivity contribution in [3.8, 4) is 0 Å². The van der Waals surface area contributed by atoms with E-state index in [2.05, 4.69) is 101 Å². The molecule has 0 saturated heterocycles. The van der Waals surface area contributed by atoms with Crippen molar-refractivity contribution in [1.82, 2.24) is 4.90 Å². The molecule has 0 amide bonds. The van der Waals surface area contributed by atoms with Crippen LogP contribution < -0.4 is 0 Å². The molecule has 0 N–H and O–H groups in total. The fourth-order valence-electron chi connectivity index (χ4n) is 4.73. The van der Waals surface area contributed by atoms with E-state index in [1.807, 2.05) is 7.11 Å². The Balaban J connectivity index is 1.79. The number of hydrogen-bond donors (Lipinski definition) is 0. The van der Waals surface area contributed by atoms with Crippen molar-refractivity contribution in [3.05, 3.63) is 71.5 Å². The summed E-state index contributed by atoms with van der Waals surface area (Å²) >= 11 is 0. The van der Waals surface area contributed by atoms with E-state index in [4.69, 9.17) is 9.15 Å². The highest BCUT2D eigenvalue weighted by atomic mass is 16.5. The van der Waals surface area contributed by atoms with Crippen molar-refractivity contribution in [2.24, 2.45) is 0 Å². The van der Waals surface area contributed by atoms with Gasteiger partial charge in [0.15, 0.2) is 0 Å². The van der Waals surface area contributed by atoms with Crippen LogP contribution in [-0.2, 0) is 10.2 Å². The zero-order chi connectivity index (χ0) is 21.6. The molecule has 3 atom stereocenters. The molecule has 2 heterocycles. The van der Waals surface area contributed by atoms with Gasteiger partial charge in [-0.05, 0) is 60.7 Å². The molecule has 3 aromatic rings. The van der Waals surface area contributed by atoms with Gasteiger partial charge in [-0.25, -0.2) is 0 Å². The number of hydrogen-bond acceptors (Lipinski definition) is 3. The summed E-state index contributed by atoms with van der Waals surface area (Å²) in [4.78, 5) is 2.36. The van der Waals surface area contributed by atoms with E-state index in [9.17, 15) is 0 Å². The molecule has 0 fully saturated rings. The number of benzene rings is 2. The van der Waals surface area contributed by atoms with Gasteiger partial charge in [0.1, 0.15) is 17.4 Å². The predicted octanol–water partition coefficient (Wildman–Crippen LogP) is 7.12. The van der Waals surface area contributed by atoms with E-state index in [1.54, 1.807) is 0 Å². The molecule has 3 nitrogen and oxygen atoms in total. The fraction of sp³-hybridized carbons (Fsp3) is 0.407. The van der Waals surface area contributed by atoms with Gasteiger partial charge in [-0.2, -0.15) is 0 Å². The highest BCUT2D eigenvalue weighted by Gasteiger charge is 2.34. The van der Waals surface area contributed by atoms with E-state index in [0.29, 0.717) is 6.04 Å². The van der Waals surface area contributed by atoms with Crippen molar-refractivity contribution in [1.29, 1.82) is 0 Å². The number of methoxy groups -OCH3 is 1. The number of nitrogens with zero attached hydrogens (tertiary/aromatic N) is 1. The molecule has 3 heteroatoms. The number of ether oxygens (including phenoxy) is 1. The molecule has 2 unspecified atom stereocenters. The van der Waals surface area contributed by atoms with Crippen LogP contribution >= 0.6 is 0 Å². The molecule has 0 bridgehead atoms. The van der Waals surface area contributed by atoms with Crippen LogP contribution in [0.3, 0.4) is 0 Å². The van der Waals surface area contributed by atoms with E-state index < -0.39 is 0 Å². The van der Waals surface area contributed by atoms with E-state index in [1.165, 1.54) is 27.6 Å². The van der Waals surface area contributed by atoms with Gasteiger partial charge in [0.2, 0.25) is 0 Å². The van der Waals surface area contributed by atoms with Crippen LogP contribution in [0.25, 0.3) is 21.9 Å². The Kier molecular flexibility index (Phi) is 5.27. The number of fused-ring (bicyclic) bond motifs is 3. The van der Waals surface area contributed by atoms with E-state index in [0.717, 1.165) is 11.2 Å².